The SMILES string of the molecule is c1ccc2nc(CNCCCC3CC3)cnc2c1. The maximum absolute atomic E-state index is 4.60. The Morgan fingerprint density at radius 2 is 2.00 bits per heavy atom. The second-order valence-corrected chi connectivity index (χ2v) is 5.11. The molecule has 3 heteroatoms. The third kappa shape index (κ3) is 3.05. The Bertz CT molecular complexity index is 520. The average Bonchev–Trinajstić information content (AvgIpc) is 3.22. The maximum Gasteiger partial charge on any atom is 0.0890 e. The Balaban J connectivity index is 1.50. The fourth-order valence-electron chi connectivity index (χ4n) is 2.22. The second kappa shape index (κ2) is 5.44. The summed E-state index contributed by atoms with van der Waals surface area (Å²) >= 11 is 0. The fourth-order valence-corrected chi connectivity index (χ4v) is 2.22. The number of hydrogen-bond acceptors (Lipinski definition) is 3. The van der Waals surface area contributed by atoms with Gasteiger partial charge in [-0.15, -0.1) is 0 Å². The fraction of sp³-hybridized carbons (Fsp3) is 0.467. The first-order valence-corrected chi connectivity index (χ1v) is 6.83. The van der Waals surface area contributed by atoms with Crippen molar-refractivity contribution in [2.24, 2.45) is 5.92 Å². The molecule has 1 aliphatic carbocycles. The molecule has 3 rings (SSSR count). The summed E-state index contributed by atoms with van der Waals surface area (Å²) in [6.07, 6.45) is 7.45. The number of aromatic nitrogens is 2. The standard InChI is InChI=1S/C15H19N3/c1-2-6-15-14(5-1)17-11-13(18-15)10-16-9-3-4-12-7-8-12/h1-2,5-6,11-12,16H,3-4,7-10H2. The zero-order chi connectivity index (χ0) is 12.2. The molecule has 1 aromatic heterocycles. The van der Waals surface area contributed by atoms with Crippen LogP contribution in [0.4, 0.5) is 0 Å². The van der Waals surface area contributed by atoms with Crippen LogP contribution in [-0.2, 0) is 6.54 Å². The van der Waals surface area contributed by atoms with Gasteiger partial charge in [-0.3, -0.25) is 4.98 Å². The molecule has 0 radical (unpaired) electrons. The van der Waals surface area contributed by atoms with Crippen LogP contribution in [0.1, 0.15) is 31.4 Å². The van der Waals surface area contributed by atoms with E-state index in [-0.39, 0.29) is 0 Å². The van der Waals surface area contributed by atoms with Crippen LogP contribution < -0.4 is 5.32 Å². The van der Waals surface area contributed by atoms with Crippen molar-refractivity contribution in [2.45, 2.75) is 32.2 Å². The van der Waals surface area contributed by atoms with Crippen LogP contribution in [-0.4, -0.2) is 16.5 Å². The van der Waals surface area contributed by atoms with Gasteiger partial charge in [0.05, 0.1) is 22.9 Å². The first-order chi connectivity index (χ1) is 8.92. The molecule has 1 aliphatic rings. The first-order valence-electron chi connectivity index (χ1n) is 6.83. The lowest BCUT2D eigenvalue weighted by atomic mass is 10.2. The number of rotatable bonds is 6. The summed E-state index contributed by atoms with van der Waals surface area (Å²) in [5, 5.41) is 3.45. The average molecular weight is 241 g/mol. The number of fused-ring (bicyclic) bond motifs is 1. The van der Waals surface area contributed by atoms with Gasteiger partial charge in [0.15, 0.2) is 0 Å². The molecular formula is C15H19N3. The molecule has 0 spiro atoms. The van der Waals surface area contributed by atoms with Crippen LogP contribution in [0.2, 0.25) is 0 Å². The molecule has 94 valence electrons. The maximum atomic E-state index is 4.60. The number of benzene rings is 1. The van der Waals surface area contributed by atoms with E-state index in [1.54, 1.807) is 0 Å². The van der Waals surface area contributed by atoms with Crippen molar-refractivity contribution < 1.29 is 0 Å². The molecule has 1 saturated carbocycles. The monoisotopic (exact) mass is 241 g/mol. The number of hydrogen-bond donors (Lipinski definition) is 1. The van der Waals surface area contributed by atoms with Crippen molar-refractivity contribution in [1.82, 2.24) is 15.3 Å². The highest BCUT2D eigenvalue weighted by Gasteiger charge is 2.19. The lowest BCUT2D eigenvalue weighted by Crippen LogP contribution is -2.15. The van der Waals surface area contributed by atoms with Crippen LogP contribution >= 0.6 is 0 Å². The molecule has 1 fully saturated rings. The van der Waals surface area contributed by atoms with Gasteiger partial charge in [-0.1, -0.05) is 25.0 Å². The molecular weight excluding hydrogens is 222 g/mol. The van der Waals surface area contributed by atoms with E-state index in [1.807, 2.05) is 30.5 Å². The van der Waals surface area contributed by atoms with Crippen molar-refractivity contribution in [3.63, 3.8) is 0 Å². The molecule has 3 nitrogen and oxygen atoms in total. The summed E-state index contributed by atoms with van der Waals surface area (Å²) in [6, 6.07) is 8.00. The zero-order valence-electron chi connectivity index (χ0n) is 10.6. The van der Waals surface area contributed by atoms with Crippen LogP contribution in [0, 0.1) is 5.92 Å². The van der Waals surface area contributed by atoms with E-state index in [0.717, 1.165) is 35.7 Å². The lowest BCUT2D eigenvalue weighted by molar-refractivity contribution is 0.589. The van der Waals surface area contributed by atoms with Crippen molar-refractivity contribution in [1.29, 1.82) is 0 Å². The van der Waals surface area contributed by atoms with E-state index < -0.39 is 0 Å². The molecule has 0 saturated heterocycles. The number of nitrogens with zero attached hydrogens (tertiary/aromatic N) is 2. The van der Waals surface area contributed by atoms with Crippen molar-refractivity contribution in [2.75, 3.05) is 6.54 Å². The Labute approximate surface area is 108 Å². The quantitative estimate of drug-likeness (QED) is 0.790. The van der Waals surface area contributed by atoms with Gasteiger partial charge in [0.1, 0.15) is 0 Å². The van der Waals surface area contributed by atoms with Gasteiger partial charge >= 0.3 is 0 Å². The highest BCUT2D eigenvalue weighted by atomic mass is 14.9. The second-order valence-electron chi connectivity index (χ2n) is 5.11. The minimum Gasteiger partial charge on any atom is -0.311 e. The molecule has 0 bridgehead atoms. The van der Waals surface area contributed by atoms with Gasteiger partial charge in [0.25, 0.3) is 0 Å². The summed E-state index contributed by atoms with van der Waals surface area (Å²) in [6.45, 7) is 1.91. The van der Waals surface area contributed by atoms with E-state index in [4.69, 9.17) is 0 Å². The lowest BCUT2D eigenvalue weighted by Gasteiger charge is -2.04. The van der Waals surface area contributed by atoms with Crippen molar-refractivity contribution in [3.8, 4) is 0 Å². The van der Waals surface area contributed by atoms with E-state index in [9.17, 15) is 0 Å². The summed E-state index contributed by atoms with van der Waals surface area (Å²) in [7, 11) is 0. The van der Waals surface area contributed by atoms with Gasteiger partial charge in [0, 0.05) is 6.54 Å². The predicted octanol–water partition coefficient (Wildman–Crippen LogP) is 2.91. The van der Waals surface area contributed by atoms with Crippen LogP contribution in [0.15, 0.2) is 30.5 Å². The largest absolute Gasteiger partial charge is 0.311 e. The summed E-state index contributed by atoms with van der Waals surface area (Å²) in [5.74, 6) is 1.03. The van der Waals surface area contributed by atoms with E-state index >= 15 is 0 Å². The molecule has 1 heterocycles. The van der Waals surface area contributed by atoms with Gasteiger partial charge in [0.2, 0.25) is 0 Å². The topological polar surface area (TPSA) is 37.8 Å². The Morgan fingerprint density at radius 3 is 2.83 bits per heavy atom. The summed E-state index contributed by atoms with van der Waals surface area (Å²) < 4.78 is 0. The van der Waals surface area contributed by atoms with Gasteiger partial charge in [-0.2, -0.15) is 0 Å². The number of para-hydroxylation sites is 2. The Hall–Kier alpha value is -1.48. The molecule has 0 amide bonds. The molecule has 2 aromatic rings. The normalized spacial score (nSPS) is 15.1. The van der Waals surface area contributed by atoms with Gasteiger partial charge in [-0.25, -0.2) is 4.98 Å². The van der Waals surface area contributed by atoms with E-state index in [2.05, 4.69) is 15.3 Å². The Morgan fingerprint density at radius 1 is 1.17 bits per heavy atom. The van der Waals surface area contributed by atoms with Crippen LogP contribution in [0.25, 0.3) is 11.0 Å². The van der Waals surface area contributed by atoms with Gasteiger partial charge < -0.3 is 5.32 Å². The molecule has 18 heavy (non-hydrogen) atoms. The smallest absolute Gasteiger partial charge is 0.0890 e. The third-order valence-corrected chi connectivity index (χ3v) is 3.47. The summed E-state index contributed by atoms with van der Waals surface area (Å²) in [5.41, 5.74) is 2.98. The van der Waals surface area contributed by atoms with E-state index in [1.165, 1.54) is 25.7 Å². The van der Waals surface area contributed by atoms with Crippen LogP contribution in [0.5, 0.6) is 0 Å². The molecule has 1 aromatic carbocycles. The molecule has 0 unspecified atom stereocenters. The van der Waals surface area contributed by atoms with Gasteiger partial charge in [-0.05, 0) is 37.4 Å². The highest BCUT2D eigenvalue weighted by molar-refractivity contribution is 5.73. The molecule has 1 N–H and O–H groups in total. The predicted molar refractivity (Wildman–Crippen MR) is 73.2 cm³/mol. The third-order valence-electron chi connectivity index (χ3n) is 3.47. The molecule has 0 aliphatic heterocycles. The highest BCUT2D eigenvalue weighted by Crippen LogP contribution is 2.33. The number of nitrogens with one attached hydrogen (secondary N) is 1. The Kier molecular flexibility index (Phi) is 3.51. The van der Waals surface area contributed by atoms with Crippen LogP contribution in [0.3, 0.4) is 0 Å². The van der Waals surface area contributed by atoms with E-state index in [0.29, 0.717) is 0 Å². The zero-order valence-corrected chi connectivity index (χ0v) is 10.6. The summed E-state index contributed by atoms with van der Waals surface area (Å²) in [4.78, 5) is 9.01. The van der Waals surface area contributed by atoms with Crippen molar-refractivity contribution in [3.05, 3.63) is 36.2 Å². The van der Waals surface area contributed by atoms with Crippen molar-refractivity contribution >= 4 is 11.0 Å². The minimum absolute atomic E-state index is 0.822. The minimum atomic E-state index is 0.822. The first kappa shape index (κ1) is 11.6. The molecule has 0 atom stereocenters.